The van der Waals surface area contributed by atoms with Gasteiger partial charge in [0.1, 0.15) is 0 Å². The largest absolute Gasteiger partial charge is 0.364 e. The lowest BCUT2D eigenvalue weighted by molar-refractivity contribution is 0.509. The zero-order valence-corrected chi connectivity index (χ0v) is 10.7. The lowest BCUT2D eigenvalue weighted by atomic mass is 9.74. The standard InChI is InChI=1S/C6H12B3Cl3N3/c10-1-4-13-7-14(5-2-11)9-15(8-13)6-3-12/h1-6H2. The van der Waals surface area contributed by atoms with E-state index in [-0.39, 0.29) is 0 Å². The summed E-state index contributed by atoms with van der Waals surface area (Å²) in [4.78, 5) is 0. The zero-order chi connectivity index (χ0) is 11.1. The Bertz CT molecular complexity index is 144. The molecule has 1 heterocycles. The normalized spacial score (nSPS) is 19.4. The maximum Gasteiger partial charge on any atom is 0.290 e. The lowest BCUT2D eigenvalue weighted by Crippen LogP contribution is -2.62. The molecular weight excluding hydrogens is 253 g/mol. The molecule has 0 aromatic heterocycles. The first kappa shape index (κ1) is 14.0. The topological polar surface area (TPSA) is 9.72 Å². The third-order valence-corrected chi connectivity index (χ3v) is 2.43. The molecule has 0 atom stereocenters. The van der Waals surface area contributed by atoms with Crippen LogP contribution in [0.3, 0.4) is 0 Å². The predicted molar refractivity (Wildman–Crippen MR) is 69.5 cm³/mol. The van der Waals surface area contributed by atoms with Crippen molar-refractivity contribution < 1.29 is 0 Å². The molecule has 0 amide bonds. The number of alkyl halides is 3. The minimum absolute atomic E-state index is 0.594. The molecule has 0 spiro atoms. The van der Waals surface area contributed by atoms with Gasteiger partial charge in [0.15, 0.2) is 0 Å². The Morgan fingerprint density at radius 1 is 0.600 bits per heavy atom. The molecule has 15 heavy (non-hydrogen) atoms. The van der Waals surface area contributed by atoms with Gasteiger partial charge in [-0.3, -0.25) is 0 Å². The lowest BCUT2D eigenvalue weighted by Gasteiger charge is -2.39. The number of hydrogen-bond donors (Lipinski definition) is 0. The van der Waals surface area contributed by atoms with Crippen LogP contribution in [-0.2, 0) is 0 Å². The van der Waals surface area contributed by atoms with Gasteiger partial charge in [-0.1, -0.05) is 0 Å². The first-order chi connectivity index (χ1) is 7.30. The quantitative estimate of drug-likeness (QED) is 0.502. The predicted octanol–water partition coefficient (Wildman–Crippen LogP) is 0.225. The smallest absolute Gasteiger partial charge is 0.290 e. The van der Waals surface area contributed by atoms with Crippen LogP contribution in [0.25, 0.3) is 0 Å². The Morgan fingerprint density at radius 3 is 1.07 bits per heavy atom. The van der Waals surface area contributed by atoms with Gasteiger partial charge in [-0.25, -0.2) is 0 Å². The second-order valence-corrected chi connectivity index (χ2v) is 4.26. The molecule has 1 aliphatic rings. The number of nitrogens with zero attached hydrogens (tertiary/aromatic N) is 3. The summed E-state index contributed by atoms with van der Waals surface area (Å²) in [6.45, 7) is 2.35. The van der Waals surface area contributed by atoms with E-state index in [1.165, 1.54) is 0 Å². The molecule has 0 aromatic carbocycles. The van der Waals surface area contributed by atoms with Crippen LogP contribution in [0.15, 0.2) is 0 Å². The van der Waals surface area contributed by atoms with Gasteiger partial charge >= 0.3 is 0 Å². The summed E-state index contributed by atoms with van der Waals surface area (Å²) in [5, 5.41) is 0. The van der Waals surface area contributed by atoms with Crippen LogP contribution in [0.2, 0.25) is 0 Å². The summed E-state index contributed by atoms with van der Waals surface area (Å²) in [5.74, 6) is 1.78. The van der Waals surface area contributed by atoms with E-state index in [9.17, 15) is 0 Å². The van der Waals surface area contributed by atoms with E-state index < -0.39 is 0 Å². The van der Waals surface area contributed by atoms with E-state index in [1.54, 1.807) is 0 Å². The SMILES string of the molecule is ClCCN1[B]N(CCCl)[B]N(CCCl)[B]1. The molecule has 1 saturated heterocycles. The zero-order valence-electron chi connectivity index (χ0n) is 8.45. The third kappa shape index (κ3) is 5.20. The first-order valence-corrected chi connectivity index (χ1v) is 6.40. The van der Waals surface area contributed by atoms with Crippen molar-refractivity contribution >= 4 is 57.5 Å². The highest BCUT2D eigenvalue weighted by Gasteiger charge is 2.26. The van der Waals surface area contributed by atoms with Gasteiger partial charge in [0.2, 0.25) is 0 Å². The van der Waals surface area contributed by atoms with Crippen molar-refractivity contribution in [2.45, 2.75) is 0 Å². The average molecular weight is 265 g/mol. The highest BCUT2D eigenvalue weighted by Crippen LogP contribution is 2.02. The van der Waals surface area contributed by atoms with Crippen LogP contribution in [0.1, 0.15) is 0 Å². The summed E-state index contributed by atoms with van der Waals surface area (Å²) in [7, 11) is 5.99. The van der Waals surface area contributed by atoms with E-state index in [2.05, 4.69) is 0 Å². The fourth-order valence-corrected chi connectivity index (χ4v) is 1.89. The van der Waals surface area contributed by atoms with E-state index in [0.717, 1.165) is 19.6 Å². The first-order valence-electron chi connectivity index (χ1n) is 4.80. The summed E-state index contributed by atoms with van der Waals surface area (Å²) >= 11 is 17.1. The van der Waals surface area contributed by atoms with Gasteiger partial charge in [-0.2, -0.15) is 0 Å². The maximum absolute atomic E-state index is 5.70. The van der Waals surface area contributed by atoms with Crippen LogP contribution in [0.4, 0.5) is 0 Å². The Labute approximate surface area is 109 Å². The van der Waals surface area contributed by atoms with Gasteiger partial charge < -0.3 is 14.2 Å². The molecule has 0 saturated carbocycles. The van der Waals surface area contributed by atoms with E-state index in [0.29, 0.717) is 17.6 Å². The van der Waals surface area contributed by atoms with E-state index in [1.807, 2.05) is 36.8 Å². The summed E-state index contributed by atoms with van der Waals surface area (Å²) in [5.41, 5.74) is 0. The molecule has 3 nitrogen and oxygen atoms in total. The minimum atomic E-state index is 0.594. The Balaban J connectivity index is 2.40. The van der Waals surface area contributed by atoms with Crippen LogP contribution >= 0.6 is 34.8 Å². The monoisotopic (exact) mass is 264 g/mol. The Kier molecular flexibility index (Phi) is 7.56. The van der Waals surface area contributed by atoms with Crippen molar-refractivity contribution in [3.05, 3.63) is 0 Å². The van der Waals surface area contributed by atoms with Crippen molar-refractivity contribution in [3.63, 3.8) is 0 Å². The molecule has 0 aliphatic carbocycles. The van der Waals surface area contributed by atoms with Crippen molar-refractivity contribution in [3.8, 4) is 0 Å². The highest BCUT2D eigenvalue weighted by atomic mass is 35.5. The van der Waals surface area contributed by atoms with Crippen LogP contribution in [0, 0.1) is 0 Å². The van der Waals surface area contributed by atoms with Gasteiger partial charge in [0.25, 0.3) is 22.6 Å². The molecule has 0 aromatic rings. The second kappa shape index (κ2) is 8.10. The molecule has 1 rings (SSSR count). The average Bonchev–Trinajstić information content (AvgIpc) is 2.19. The van der Waals surface area contributed by atoms with Crippen LogP contribution < -0.4 is 0 Å². The van der Waals surface area contributed by atoms with Gasteiger partial charge in [-0.15, -0.1) is 34.8 Å². The van der Waals surface area contributed by atoms with Gasteiger partial charge in [-0.05, 0) is 19.6 Å². The van der Waals surface area contributed by atoms with E-state index >= 15 is 0 Å². The van der Waals surface area contributed by atoms with Crippen molar-refractivity contribution in [1.29, 1.82) is 0 Å². The highest BCUT2D eigenvalue weighted by molar-refractivity contribution is 6.64. The van der Waals surface area contributed by atoms with E-state index in [4.69, 9.17) is 34.8 Å². The third-order valence-electron chi connectivity index (χ3n) is 1.92. The Morgan fingerprint density at radius 2 is 0.867 bits per heavy atom. The number of rotatable bonds is 6. The summed E-state index contributed by atoms with van der Waals surface area (Å²) in [6.07, 6.45) is 0. The fourth-order valence-electron chi connectivity index (χ4n) is 1.30. The Hall–Kier alpha value is 0.945. The molecule has 1 fully saturated rings. The summed E-state index contributed by atoms with van der Waals surface area (Å²) in [6, 6.07) is 0. The second-order valence-electron chi connectivity index (χ2n) is 3.13. The molecule has 81 valence electrons. The van der Waals surface area contributed by atoms with Crippen molar-refractivity contribution in [2.24, 2.45) is 0 Å². The van der Waals surface area contributed by atoms with Crippen LogP contribution in [-0.4, -0.2) is 74.1 Å². The van der Waals surface area contributed by atoms with Gasteiger partial charge in [0.05, 0.1) is 0 Å². The molecule has 9 heteroatoms. The molecular formula is C6H12B3Cl3N3. The van der Waals surface area contributed by atoms with Crippen molar-refractivity contribution in [2.75, 3.05) is 37.3 Å². The minimum Gasteiger partial charge on any atom is -0.364 e. The van der Waals surface area contributed by atoms with Gasteiger partial charge in [0, 0.05) is 17.6 Å². The molecule has 3 radical (unpaired) electrons. The molecule has 1 aliphatic heterocycles. The fraction of sp³-hybridized carbons (Fsp3) is 1.00. The van der Waals surface area contributed by atoms with Crippen molar-refractivity contribution in [1.82, 2.24) is 14.2 Å². The number of halogens is 3. The van der Waals surface area contributed by atoms with Crippen LogP contribution in [0.5, 0.6) is 0 Å². The molecule has 0 N–H and O–H groups in total. The number of hydrogen-bond acceptors (Lipinski definition) is 3. The molecule has 0 bridgehead atoms. The maximum atomic E-state index is 5.70. The molecule has 0 unspecified atom stereocenters. The summed E-state index contributed by atoms with van der Waals surface area (Å²) < 4.78 is 6.10.